The van der Waals surface area contributed by atoms with Gasteiger partial charge in [0.15, 0.2) is 11.5 Å². The zero-order chi connectivity index (χ0) is 21.4. The molecule has 7 nitrogen and oxygen atoms in total. The van der Waals surface area contributed by atoms with Crippen molar-refractivity contribution in [3.8, 4) is 28.5 Å². The van der Waals surface area contributed by atoms with E-state index in [0.717, 1.165) is 33.0 Å². The van der Waals surface area contributed by atoms with E-state index in [9.17, 15) is 4.79 Å². The second kappa shape index (κ2) is 7.96. The lowest BCUT2D eigenvalue weighted by Gasteiger charge is -2.26. The fourth-order valence-electron chi connectivity index (χ4n) is 3.59. The van der Waals surface area contributed by atoms with Crippen molar-refractivity contribution in [3.63, 3.8) is 0 Å². The van der Waals surface area contributed by atoms with Gasteiger partial charge < -0.3 is 19.5 Å². The molecule has 158 valence electrons. The van der Waals surface area contributed by atoms with Crippen LogP contribution in [0.5, 0.6) is 17.2 Å². The molecule has 1 N–H and O–H groups in total. The van der Waals surface area contributed by atoms with E-state index in [1.165, 1.54) is 11.3 Å². The molecule has 3 heterocycles. The Balaban J connectivity index is 1.33. The van der Waals surface area contributed by atoms with Gasteiger partial charge in [0.05, 0.1) is 18.5 Å². The highest BCUT2D eigenvalue weighted by atomic mass is 32.1. The number of amides is 1. The molecule has 1 aliphatic heterocycles. The Labute approximate surface area is 183 Å². The van der Waals surface area contributed by atoms with Crippen LogP contribution >= 0.6 is 11.3 Å². The molecule has 0 spiro atoms. The number of nitrogens with zero attached hydrogens (tertiary/aromatic N) is 2. The van der Waals surface area contributed by atoms with Crippen molar-refractivity contribution in [2.75, 3.05) is 20.3 Å². The van der Waals surface area contributed by atoms with E-state index in [0.29, 0.717) is 23.8 Å². The Hall–Kier alpha value is -3.52. The van der Waals surface area contributed by atoms with Gasteiger partial charge in [-0.05, 0) is 30.3 Å². The number of methoxy groups -OCH3 is 1. The van der Waals surface area contributed by atoms with Crippen LogP contribution in [0.15, 0.2) is 54.6 Å². The summed E-state index contributed by atoms with van der Waals surface area (Å²) in [5.41, 5.74) is 1.77. The second-order valence-electron chi connectivity index (χ2n) is 7.24. The summed E-state index contributed by atoms with van der Waals surface area (Å²) in [6, 6.07) is 17.2. The molecule has 0 radical (unpaired) electrons. The lowest BCUT2D eigenvalue weighted by molar-refractivity contribution is 0.0791. The number of rotatable bonds is 5. The average molecular weight is 436 g/mol. The highest BCUT2D eigenvalue weighted by Gasteiger charge is 2.23. The van der Waals surface area contributed by atoms with Gasteiger partial charge in [0.25, 0.3) is 5.91 Å². The third-order valence-electron chi connectivity index (χ3n) is 5.14. The van der Waals surface area contributed by atoms with Gasteiger partial charge in [0.1, 0.15) is 29.0 Å². The van der Waals surface area contributed by atoms with Crippen molar-refractivity contribution in [1.82, 2.24) is 15.1 Å². The molecule has 2 aromatic carbocycles. The first-order valence-electron chi connectivity index (χ1n) is 9.90. The first-order valence-corrected chi connectivity index (χ1v) is 10.7. The standard InChI is InChI=1S/C23H21N3O4S/c1-26-23-17(21(25-26)14-6-5-7-15(10-14)28-2)11-20(31-23)22(27)24-12-16-13-29-18-8-3-4-9-19(18)30-16/h3-11,16H,12-13H2,1-2H3,(H,24,27)/t16-/m0/s1. The maximum absolute atomic E-state index is 12.8. The first-order chi connectivity index (χ1) is 15.1. The van der Waals surface area contributed by atoms with Crippen molar-refractivity contribution in [3.05, 3.63) is 59.5 Å². The van der Waals surface area contributed by atoms with Crippen LogP contribution in [0.25, 0.3) is 21.5 Å². The Bertz CT molecular complexity index is 1260. The van der Waals surface area contributed by atoms with Crippen LogP contribution in [0.2, 0.25) is 0 Å². The summed E-state index contributed by atoms with van der Waals surface area (Å²) in [5, 5.41) is 8.55. The number of nitrogens with one attached hydrogen (secondary N) is 1. The predicted octanol–water partition coefficient (Wildman–Crippen LogP) is 3.88. The molecule has 31 heavy (non-hydrogen) atoms. The SMILES string of the molecule is COc1cccc(-c2nn(C)c3sc(C(=O)NC[C@H]4COc5ccccc5O4)cc23)c1. The fraction of sp³-hybridized carbons (Fsp3) is 0.217. The van der Waals surface area contributed by atoms with Gasteiger partial charge in [-0.2, -0.15) is 5.10 Å². The first kappa shape index (κ1) is 19.4. The highest BCUT2D eigenvalue weighted by molar-refractivity contribution is 7.20. The Morgan fingerprint density at radius 2 is 2.06 bits per heavy atom. The number of para-hydroxylation sites is 2. The number of hydrogen-bond acceptors (Lipinski definition) is 6. The topological polar surface area (TPSA) is 74.6 Å². The molecule has 5 rings (SSSR count). The van der Waals surface area contributed by atoms with Gasteiger partial charge in [0, 0.05) is 18.0 Å². The summed E-state index contributed by atoms with van der Waals surface area (Å²) in [6.45, 7) is 0.760. The van der Waals surface area contributed by atoms with Crippen LogP contribution in [-0.2, 0) is 7.05 Å². The minimum atomic E-state index is -0.234. The number of thiophene rings is 1. The number of ether oxygens (including phenoxy) is 3. The molecular formula is C23H21N3O4S. The molecular weight excluding hydrogens is 414 g/mol. The lowest BCUT2D eigenvalue weighted by Crippen LogP contribution is -2.40. The minimum absolute atomic E-state index is 0.139. The predicted molar refractivity (Wildman–Crippen MR) is 119 cm³/mol. The van der Waals surface area contributed by atoms with Gasteiger partial charge in [-0.25, -0.2) is 0 Å². The molecule has 0 saturated carbocycles. The number of fused-ring (bicyclic) bond motifs is 2. The van der Waals surface area contributed by atoms with Gasteiger partial charge in [-0.1, -0.05) is 24.3 Å². The van der Waals surface area contributed by atoms with E-state index in [-0.39, 0.29) is 12.0 Å². The van der Waals surface area contributed by atoms with Gasteiger partial charge >= 0.3 is 0 Å². The highest BCUT2D eigenvalue weighted by Crippen LogP contribution is 2.35. The third-order valence-corrected chi connectivity index (χ3v) is 6.34. The normalized spacial score (nSPS) is 15.1. The molecule has 4 aromatic rings. The van der Waals surface area contributed by atoms with Crippen LogP contribution in [0.4, 0.5) is 0 Å². The maximum atomic E-state index is 12.8. The molecule has 2 aromatic heterocycles. The largest absolute Gasteiger partial charge is 0.497 e. The summed E-state index contributed by atoms with van der Waals surface area (Å²) >= 11 is 1.42. The van der Waals surface area contributed by atoms with Crippen molar-refractivity contribution in [2.24, 2.45) is 7.05 Å². The van der Waals surface area contributed by atoms with Gasteiger partial charge in [-0.15, -0.1) is 11.3 Å². The molecule has 0 saturated heterocycles. The van der Waals surface area contributed by atoms with E-state index in [2.05, 4.69) is 10.4 Å². The summed E-state index contributed by atoms with van der Waals surface area (Å²) in [4.78, 5) is 14.4. The third kappa shape index (κ3) is 3.70. The zero-order valence-electron chi connectivity index (χ0n) is 17.1. The van der Waals surface area contributed by atoms with Crippen molar-refractivity contribution in [2.45, 2.75) is 6.10 Å². The number of carbonyl (C=O) groups is 1. The summed E-state index contributed by atoms with van der Waals surface area (Å²) in [5.74, 6) is 2.05. The fourth-order valence-corrected chi connectivity index (χ4v) is 4.58. The lowest BCUT2D eigenvalue weighted by atomic mass is 10.1. The van der Waals surface area contributed by atoms with E-state index in [1.54, 1.807) is 11.8 Å². The van der Waals surface area contributed by atoms with Gasteiger partial charge in [-0.3, -0.25) is 9.48 Å². The van der Waals surface area contributed by atoms with Crippen molar-refractivity contribution >= 4 is 27.5 Å². The zero-order valence-corrected chi connectivity index (χ0v) is 17.9. The smallest absolute Gasteiger partial charge is 0.261 e. The molecule has 1 aliphatic rings. The van der Waals surface area contributed by atoms with E-state index >= 15 is 0 Å². The van der Waals surface area contributed by atoms with E-state index in [4.69, 9.17) is 14.2 Å². The molecule has 0 fully saturated rings. The van der Waals surface area contributed by atoms with Crippen molar-refractivity contribution in [1.29, 1.82) is 0 Å². The van der Waals surface area contributed by atoms with Crippen LogP contribution < -0.4 is 19.5 Å². The Morgan fingerprint density at radius 1 is 1.23 bits per heavy atom. The summed E-state index contributed by atoms with van der Waals surface area (Å²) < 4.78 is 18.8. The molecule has 0 bridgehead atoms. The van der Waals surface area contributed by atoms with Crippen LogP contribution in [-0.4, -0.2) is 42.1 Å². The van der Waals surface area contributed by atoms with Gasteiger partial charge in [0.2, 0.25) is 0 Å². The molecule has 8 heteroatoms. The molecule has 0 aliphatic carbocycles. The summed E-state index contributed by atoms with van der Waals surface area (Å²) in [7, 11) is 3.52. The van der Waals surface area contributed by atoms with Crippen LogP contribution in [0, 0.1) is 0 Å². The second-order valence-corrected chi connectivity index (χ2v) is 8.27. The monoisotopic (exact) mass is 435 g/mol. The van der Waals surface area contributed by atoms with Crippen molar-refractivity contribution < 1.29 is 19.0 Å². The molecule has 0 unspecified atom stereocenters. The van der Waals surface area contributed by atoms with E-state index in [1.807, 2.05) is 61.6 Å². The van der Waals surface area contributed by atoms with Crippen LogP contribution in [0.1, 0.15) is 9.67 Å². The number of aryl methyl sites for hydroxylation is 1. The number of aromatic nitrogens is 2. The average Bonchev–Trinajstić information content (AvgIpc) is 3.38. The number of carbonyl (C=O) groups excluding carboxylic acids is 1. The summed E-state index contributed by atoms with van der Waals surface area (Å²) in [6.07, 6.45) is -0.234. The number of hydrogen-bond donors (Lipinski definition) is 1. The number of benzene rings is 2. The maximum Gasteiger partial charge on any atom is 0.261 e. The Kier molecular flexibility index (Phi) is 4.99. The quantitative estimate of drug-likeness (QED) is 0.515. The Morgan fingerprint density at radius 3 is 2.90 bits per heavy atom. The minimum Gasteiger partial charge on any atom is -0.497 e. The van der Waals surface area contributed by atoms with E-state index < -0.39 is 0 Å². The van der Waals surface area contributed by atoms with Crippen LogP contribution in [0.3, 0.4) is 0 Å². The molecule has 1 amide bonds. The molecule has 1 atom stereocenters.